The molecule has 0 aromatic heterocycles. The van der Waals surface area contributed by atoms with E-state index in [9.17, 15) is 10.1 Å². The van der Waals surface area contributed by atoms with Crippen LogP contribution in [0.4, 0.5) is 5.69 Å². The van der Waals surface area contributed by atoms with Crippen LogP contribution in [-0.2, 0) is 14.3 Å². The zero-order valence-corrected chi connectivity index (χ0v) is 18.5. The molecule has 170 valence electrons. The van der Waals surface area contributed by atoms with Crippen LogP contribution >= 0.6 is 0 Å². The number of carbonyl (C=O) groups is 1. The number of carbonyl (C=O) groups excluding carboxylic acids is 1. The molecule has 1 atom stereocenters. The van der Waals surface area contributed by atoms with Crippen molar-refractivity contribution in [1.29, 1.82) is 5.26 Å². The molecule has 1 amide bonds. The number of nitrogens with zero attached hydrogens (tertiary/aromatic N) is 2. The van der Waals surface area contributed by atoms with E-state index < -0.39 is 5.91 Å². The number of hydrogen-bond acceptors (Lipinski definition) is 6. The van der Waals surface area contributed by atoms with Crippen molar-refractivity contribution in [1.82, 2.24) is 5.32 Å². The van der Waals surface area contributed by atoms with Crippen LogP contribution in [0, 0.1) is 11.3 Å². The molecule has 1 fully saturated rings. The van der Waals surface area contributed by atoms with Gasteiger partial charge in [-0.25, -0.2) is 0 Å². The molecule has 0 bridgehead atoms. The van der Waals surface area contributed by atoms with Crippen molar-refractivity contribution < 1.29 is 19.4 Å². The van der Waals surface area contributed by atoms with Gasteiger partial charge in [-0.2, -0.15) is 5.26 Å². The average molecular weight is 438 g/mol. The Bertz CT molecular complexity index is 983. The van der Waals surface area contributed by atoms with Gasteiger partial charge in [-0.3, -0.25) is 4.79 Å². The van der Waals surface area contributed by atoms with Crippen molar-refractivity contribution in [2.45, 2.75) is 25.8 Å². The molecule has 1 aliphatic rings. The predicted molar refractivity (Wildman–Crippen MR) is 125 cm³/mol. The zero-order valence-electron chi connectivity index (χ0n) is 18.5. The number of aliphatic hydroxyl groups is 1. The Hall–Kier alpha value is -2.92. The van der Waals surface area contributed by atoms with Crippen LogP contribution in [-0.4, -0.2) is 63.2 Å². The fraction of sp³-hybridized carbons (Fsp3) is 0.440. The van der Waals surface area contributed by atoms with Gasteiger partial charge in [0.2, 0.25) is 0 Å². The van der Waals surface area contributed by atoms with E-state index in [1.165, 1.54) is 18.5 Å². The van der Waals surface area contributed by atoms with Crippen LogP contribution in [0.5, 0.6) is 0 Å². The van der Waals surface area contributed by atoms with Crippen LogP contribution < -0.4 is 10.2 Å². The molecule has 0 spiro atoms. The summed E-state index contributed by atoms with van der Waals surface area (Å²) in [7, 11) is 0. The average Bonchev–Trinajstić information content (AvgIpc) is 3.24. The van der Waals surface area contributed by atoms with E-state index in [1.807, 2.05) is 24.3 Å². The highest BCUT2D eigenvalue weighted by atomic mass is 16.5. The topological polar surface area (TPSA) is 94.8 Å². The molecule has 0 radical (unpaired) electrons. The van der Waals surface area contributed by atoms with Gasteiger partial charge in [0.05, 0.1) is 33.0 Å². The molecule has 32 heavy (non-hydrogen) atoms. The SMILES string of the molecule is CC1CCCN1c1ccc2cc(C=C(C#N)C(=O)NCCOCCOCCO)ccc2c1. The van der Waals surface area contributed by atoms with Crippen molar-refractivity contribution in [3.05, 3.63) is 47.5 Å². The smallest absolute Gasteiger partial charge is 0.262 e. The van der Waals surface area contributed by atoms with Crippen LogP contribution in [0.2, 0.25) is 0 Å². The lowest BCUT2D eigenvalue weighted by molar-refractivity contribution is -0.117. The highest BCUT2D eigenvalue weighted by Gasteiger charge is 2.20. The normalized spacial score (nSPS) is 16.3. The van der Waals surface area contributed by atoms with Gasteiger partial charge < -0.3 is 24.8 Å². The second-order valence-electron chi connectivity index (χ2n) is 7.85. The highest BCUT2D eigenvalue weighted by Crippen LogP contribution is 2.29. The maximum Gasteiger partial charge on any atom is 0.262 e. The summed E-state index contributed by atoms with van der Waals surface area (Å²) in [5.41, 5.74) is 2.10. The third-order valence-corrected chi connectivity index (χ3v) is 5.55. The lowest BCUT2D eigenvalue weighted by Gasteiger charge is -2.24. The number of nitrogens with one attached hydrogen (secondary N) is 1. The Kier molecular flexibility index (Phi) is 9.05. The summed E-state index contributed by atoms with van der Waals surface area (Å²) in [5, 5.41) is 22.9. The molecule has 1 unspecified atom stereocenters. The van der Waals surface area contributed by atoms with E-state index in [0.717, 1.165) is 22.9 Å². The highest BCUT2D eigenvalue weighted by molar-refractivity contribution is 6.02. The summed E-state index contributed by atoms with van der Waals surface area (Å²) in [6.07, 6.45) is 4.06. The molecular weight excluding hydrogens is 406 g/mol. The van der Waals surface area contributed by atoms with E-state index in [1.54, 1.807) is 6.08 Å². The third-order valence-electron chi connectivity index (χ3n) is 5.55. The Morgan fingerprint density at radius 3 is 2.66 bits per heavy atom. The van der Waals surface area contributed by atoms with Gasteiger partial charge in [0.25, 0.3) is 5.91 Å². The molecule has 1 saturated heterocycles. The first-order valence-electron chi connectivity index (χ1n) is 11.1. The van der Waals surface area contributed by atoms with Crippen LogP contribution in [0.15, 0.2) is 42.0 Å². The van der Waals surface area contributed by atoms with Crippen molar-refractivity contribution in [2.24, 2.45) is 0 Å². The molecule has 1 heterocycles. The molecule has 7 nitrogen and oxygen atoms in total. The largest absolute Gasteiger partial charge is 0.394 e. The number of hydrogen-bond donors (Lipinski definition) is 2. The minimum atomic E-state index is -0.425. The van der Waals surface area contributed by atoms with E-state index in [0.29, 0.717) is 32.4 Å². The first-order chi connectivity index (χ1) is 15.6. The number of rotatable bonds is 11. The van der Waals surface area contributed by atoms with E-state index in [4.69, 9.17) is 14.6 Å². The second kappa shape index (κ2) is 12.2. The molecule has 1 aliphatic heterocycles. The third kappa shape index (κ3) is 6.54. The van der Waals surface area contributed by atoms with Crippen molar-refractivity contribution >= 4 is 28.4 Å². The number of nitriles is 1. The number of benzene rings is 2. The van der Waals surface area contributed by atoms with Crippen molar-refractivity contribution in [2.75, 3.05) is 51.0 Å². The fourth-order valence-corrected chi connectivity index (χ4v) is 3.87. The van der Waals surface area contributed by atoms with Gasteiger partial charge in [0.1, 0.15) is 11.6 Å². The summed E-state index contributed by atoms with van der Waals surface area (Å²) in [6.45, 7) is 5.01. The Morgan fingerprint density at radius 1 is 1.19 bits per heavy atom. The number of fused-ring (bicyclic) bond motifs is 1. The first-order valence-corrected chi connectivity index (χ1v) is 11.1. The van der Waals surface area contributed by atoms with Gasteiger partial charge in [-0.15, -0.1) is 0 Å². The quantitative estimate of drug-likeness (QED) is 0.319. The number of anilines is 1. The van der Waals surface area contributed by atoms with Crippen molar-refractivity contribution in [3.63, 3.8) is 0 Å². The summed E-state index contributed by atoms with van der Waals surface area (Å²) in [5.74, 6) is -0.425. The van der Waals surface area contributed by atoms with Crippen LogP contribution in [0.3, 0.4) is 0 Å². The number of aliphatic hydroxyl groups excluding tert-OH is 1. The van der Waals surface area contributed by atoms with E-state index in [2.05, 4.69) is 35.3 Å². The molecule has 0 aliphatic carbocycles. The summed E-state index contributed by atoms with van der Waals surface area (Å²) >= 11 is 0. The maximum absolute atomic E-state index is 12.3. The number of ether oxygens (including phenoxy) is 2. The molecule has 0 saturated carbocycles. The lowest BCUT2D eigenvalue weighted by atomic mass is 10.0. The monoisotopic (exact) mass is 437 g/mol. The summed E-state index contributed by atoms with van der Waals surface area (Å²) in [4.78, 5) is 14.8. The predicted octanol–water partition coefficient (Wildman–Crippen LogP) is 2.88. The molecule has 3 rings (SSSR count). The standard InChI is InChI=1S/C25H31N3O4/c1-19-3-2-9-28(19)24-7-6-21-15-20(4-5-22(21)17-24)16-23(18-26)25(30)27-8-11-31-13-14-32-12-10-29/h4-7,15-17,19,29H,2-3,8-14H2,1H3,(H,27,30). The Balaban J connectivity index is 1.57. The van der Waals surface area contributed by atoms with Crippen LogP contribution in [0.1, 0.15) is 25.3 Å². The Labute approximate surface area is 189 Å². The summed E-state index contributed by atoms with van der Waals surface area (Å²) < 4.78 is 10.4. The van der Waals surface area contributed by atoms with E-state index >= 15 is 0 Å². The van der Waals surface area contributed by atoms with Gasteiger partial charge in [0, 0.05) is 24.8 Å². The summed E-state index contributed by atoms with van der Waals surface area (Å²) in [6, 6.07) is 15.0. The zero-order chi connectivity index (χ0) is 22.8. The van der Waals surface area contributed by atoms with Gasteiger partial charge in [-0.1, -0.05) is 18.2 Å². The van der Waals surface area contributed by atoms with Gasteiger partial charge in [-0.05, 0) is 60.4 Å². The fourth-order valence-electron chi connectivity index (χ4n) is 3.87. The minimum absolute atomic E-state index is 0.0184. The maximum atomic E-state index is 12.3. The van der Waals surface area contributed by atoms with Gasteiger partial charge in [0.15, 0.2) is 0 Å². The molecule has 2 aromatic carbocycles. The molecule has 7 heteroatoms. The second-order valence-corrected chi connectivity index (χ2v) is 7.85. The van der Waals surface area contributed by atoms with E-state index in [-0.39, 0.29) is 18.8 Å². The number of amides is 1. The minimum Gasteiger partial charge on any atom is -0.394 e. The first kappa shape index (κ1) is 23.7. The van der Waals surface area contributed by atoms with Crippen molar-refractivity contribution in [3.8, 4) is 6.07 Å². The molecule has 2 aromatic rings. The molecular formula is C25H31N3O4. The van der Waals surface area contributed by atoms with Crippen LogP contribution in [0.25, 0.3) is 16.8 Å². The van der Waals surface area contributed by atoms with Gasteiger partial charge >= 0.3 is 0 Å². The Morgan fingerprint density at radius 2 is 1.94 bits per heavy atom. The molecule has 2 N–H and O–H groups in total. The lowest BCUT2D eigenvalue weighted by Crippen LogP contribution is -2.28.